The molecule has 12 aromatic rings. The molecule has 0 amide bonds. The standard InChI is InChI=1S/C55H33N3O2/c1-3-14-34(15-4-1)36-18-11-19-37(30-36)41-24-13-25-44-51-43-23-8-10-27-49(43)60-54(51)52(58-53(41)44)40-21-12-20-38(31-40)46-33-47(57-55(56-46)35-16-5-2-6-17-35)39-28-29-50-45(32-39)42-22-7-9-26-48(42)59-50/h1-33H. The number of nitrogens with zero attached hydrogens (tertiary/aromatic N) is 3. The van der Waals surface area contributed by atoms with Gasteiger partial charge < -0.3 is 8.83 Å². The predicted molar refractivity (Wildman–Crippen MR) is 245 cm³/mol. The molecule has 0 aliphatic heterocycles. The van der Waals surface area contributed by atoms with E-state index >= 15 is 0 Å². The molecular formula is C55H33N3O2. The average Bonchev–Trinajstić information content (AvgIpc) is 3.91. The third-order valence-corrected chi connectivity index (χ3v) is 11.5. The van der Waals surface area contributed by atoms with Crippen molar-refractivity contribution in [2.45, 2.75) is 0 Å². The van der Waals surface area contributed by atoms with Gasteiger partial charge in [0.15, 0.2) is 11.4 Å². The SMILES string of the molecule is c1ccc(-c2cccc(-c3cccc4c3nc(-c3cccc(-c5cc(-c6ccc7oc8ccccc8c7c6)nc(-c6ccccc6)n5)c3)c3oc5ccccc5c34)c2)cc1. The number of para-hydroxylation sites is 3. The monoisotopic (exact) mass is 767 g/mol. The highest BCUT2D eigenvalue weighted by atomic mass is 16.3. The van der Waals surface area contributed by atoms with Crippen LogP contribution >= 0.6 is 0 Å². The molecule has 0 aliphatic rings. The summed E-state index contributed by atoms with van der Waals surface area (Å²) in [6.45, 7) is 0. The van der Waals surface area contributed by atoms with Crippen LogP contribution in [0.25, 0.3) is 122 Å². The molecule has 0 aliphatic carbocycles. The Hall–Kier alpha value is -8.15. The maximum atomic E-state index is 6.73. The first-order valence-electron chi connectivity index (χ1n) is 20.1. The number of benzene rings is 8. The Bertz CT molecular complexity index is 3610. The van der Waals surface area contributed by atoms with Gasteiger partial charge in [0.2, 0.25) is 0 Å². The van der Waals surface area contributed by atoms with Crippen molar-refractivity contribution in [2.75, 3.05) is 0 Å². The van der Waals surface area contributed by atoms with Crippen LogP contribution in [0, 0.1) is 0 Å². The van der Waals surface area contributed by atoms with Crippen molar-refractivity contribution in [2.24, 2.45) is 0 Å². The molecular weight excluding hydrogens is 735 g/mol. The normalized spacial score (nSPS) is 11.7. The molecule has 0 unspecified atom stereocenters. The predicted octanol–water partition coefficient (Wildman–Crippen LogP) is 14.8. The van der Waals surface area contributed by atoms with Crippen LogP contribution < -0.4 is 0 Å². The molecule has 8 aromatic carbocycles. The number of hydrogen-bond acceptors (Lipinski definition) is 5. The Kier molecular flexibility index (Phi) is 7.78. The van der Waals surface area contributed by atoms with Gasteiger partial charge in [-0.2, -0.15) is 0 Å². The molecule has 0 atom stereocenters. The fourth-order valence-corrected chi connectivity index (χ4v) is 8.60. The third-order valence-electron chi connectivity index (χ3n) is 11.5. The molecule has 280 valence electrons. The van der Waals surface area contributed by atoms with E-state index in [-0.39, 0.29) is 0 Å². The lowest BCUT2D eigenvalue weighted by Gasteiger charge is -2.13. The van der Waals surface area contributed by atoms with Crippen LogP contribution in [0.2, 0.25) is 0 Å². The molecule has 0 saturated heterocycles. The van der Waals surface area contributed by atoms with Gasteiger partial charge in [-0.3, -0.25) is 0 Å². The van der Waals surface area contributed by atoms with E-state index in [1.807, 2.05) is 60.7 Å². The van der Waals surface area contributed by atoms with Gasteiger partial charge >= 0.3 is 0 Å². The molecule has 5 nitrogen and oxygen atoms in total. The molecule has 0 radical (unpaired) electrons. The van der Waals surface area contributed by atoms with E-state index in [1.165, 1.54) is 5.56 Å². The highest BCUT2D eigenvalue weighted by Gasteiger charge is 2.21. The fraction of sp³-hybridized carbons (Fsp3) is 0. The molecule has 0 N–H and O–H groups in total. The Morgan fingerprint density at radius 3 is 1.68 bits per heavy atom. The van der Waals surface area contributed by atoms with Crippen molar-refractivity contribution in [3.63, 3.8) is 0 Å². The van der Waals surface area contributed by atoms with Crippen LogP contribution in [0.3, 0.4) is 0 Å². The zero-order valence-electron chi connectivity index (χ0n) is 32.2. The second kappa shape index (κ2) is 13.8. The number of hydrogen-bond donors (Lipinski definition) is 0. The van der Waals surface area contributed by atoms with Crippen LogP contribution in [0.4, 0.5) is 0 Å². The summed E-state index contributed by atoms with van der Waals surface area (Å²) in [5.41, 5.74) is 14.9. The van der Waals surface area contributed by atoms with Gasteiger partial charge in [0.1, 0.15) is 22.4 Å². The van der Waals surface area contributed by atoms with E-state index in [0.29, 0.717) is 5.82 Å². The first-order valence-corrected chi connectivity index (χ1v) is 20.1. The molecule has 0 saturated carbocycles. The van der Waals surface area contributed by atoms with Crippen molar-refractivity contribution in [3.05, 3.63) is 200 Å². The topological polar surface area (TPSA) is 65.0 Å². The van der Waals surface area contributed by atoms with Crippen LogP contribution in [0.1, 0.15) is 0 Å². The molecule has 4 aromatic heterocycles. The van der Waals surface area contributed by atoms with Crippen molar-refractivity contribution in [1.82, 2.24) is 15.0 Å². The zero-order chi connectivity index (χ0) is 39.6. The van der Waals surface area contributed by atoms with Crippen LogP contribution in [-0.2, 0) is 0 Å². The van der Waals surface area contributed by atoms with Crippen LogP contribution in [0.5, 0.6) is 0 Å². The lowest BCUT2D eigenvalue weighted by Crippen LogP contribution is -1.96. The second-order valence-corrected chi connectivity index (χ2v) is 15.1. The summed E-state index contributed by atoms with van der Waals surface area (Å²) in [6.07, 6.45) is 0. The average molecular weight is 768 g/mol. The van der Waals surface area contributed by atoms with Crippen molar-refractivity contribution in [1.29, 1.82) is 0 Å². The smallest absolute Gasteiger partial charge is 0.162 e. The molecule has 0 bridgehead atoms. The minimum absolute atomic E-state index is 0.650. The van der Waals surface area contributed by atoms with Gasteiger partial charge in [-0.1, -0.05) is 152 Å². The number of fused-ring (bicyclic) bond motifs is 8. The Morgan fingerprint density at radius 2 is 0.883 bits per heavy atom. The summed E-state index contributed by atoms with van der Waals surface area (Å²) in [5, 5.41) is 5.28. The van der Waals surface area contributed by atoms with Gasteiger partial charge in [0, 0.05) is 54.7 Å². The van der Waals surface area contributed by atoms with E-state index in [4.69, 9.17) is 23.8 Å². The van der Waals surface area contributed by atoms with Crippen LogP contribution in [-0.4, -0.2) is 15.0 Å². The van der Waals surface area contributed by atoms with Crippen LogP contribution in [0.15, 0.2) is 209 Å². The zero-order valence-corrected chi connectivity index (χ0v) is 32.2. The number of pyridine rings is 1. The van der Waals surface area contributed by atoms with E-state index < -0.39 is 0 Å². The molecule has 60 heavy (non-hydrogen) atoms. The van der Waals surface area contributed by atoms with E-state index in [0.717, 1.165) is 111 Å². The first-order chi connectivity index (χ1) is 29.7. The maximum absolute atomic E-state index is 6.73. The van der Waals surface area contributed by atoms with Crippen molar-refractivity contribution < 1.29 is 8.83 Å². The van der Waals surface area contributed by atoms with E-state index in [1.54, 1.807) is 0 Å². The summed E-state index contributed by atoms with van der Waals surface area (Å²) in [5.74, 6) is 0.650. The van der Waals surface area contributed by atoms with Gasteiger partial charge in [-0.15, -0.1) is 0 Å². The summed E-state index contributed by atoms with van der Waals surface area (Å²) in [6, 6.07) is 69.1. The minimum atomic E-state index is 0.650. The molecule has 0 spiro atoms. The third kappa shape index (κ3) is 5.67. The van der Waals surface area contributed by atoms with E-state index in [9.17, 15) is 0 Å². The fourth-order valence-electron chi connectivity index (χ4n) is 8.60. The number of aromatic nitrogens is 3. The molecule has 5 heteroatoms. The van der Waals surface area contributed by atoms with Gasteiger partial charge in [0.25, 0.3) is 0 Å². The maximum Gasteiger partial charge on any atom is 0.162 e. The summed E-state index contributed by atoms with van der Waals surface area (Å²) in [4.78, 5) is 15.9. The summed E-state index contributed by atoms with van der Waals surface area (Å²) >= 11 is 0. The van der Waals surface area contributed by atoms with Crippen molar-refractivity contribution in [3.8, 4) is 67.4 Å². The van der Waals surface area contributed by atoms with Crippen molar-refractivity contribution >= 4 is 54.8 Å². The van der Waals surface area contributed by atoms with Gasteiger partial charge in [-0.25, -0.2) is 15.0 Å². The summed E-state index contributed by atoms with van der Waals surface area (Å²) < 4.78 is 12.9. The summed E-state index contributed by atoms with van der Waals surface area (Å²) in [7, 11) is 0. The largest absolute Gasteiger partial charge is 0.456 e. The highest BCUT2D eigenvalue weighted by molar-refractivity contribution is 6.22. The lowest BCUT2D eigenvalue weighted by atomic mass is 9.95. The molecule has 12 rings (SSSR count). The Balaban J connectivity index is 1.05. The Labute approximate surface area is 344 Å². The second-order valence-electron chi connectivity index (χ2n) is 15.1. The Morgan fingerprint density at radius 1 is 0.317 bits per heavy atom. The van der Waals surface area contributed by atoms with E-state index in [2.05, 4.69) is 140 Å². The lowest BCUT2D eigenvalue weighted by molar-refractivity contribution is 0.668. The highest BCUT2D eigenvalue weighted by Crippen LogP contribution is 2.43. The number of rotatable bonds is 6. The first kappa shape index (κ1) is 33.9. The minimum Gasteiger partial charge on any atom is -0.456 e. The molecule has 0 fully saturated rings. The van der Waals surface area contributed by atoms with Gasteiger partial charge in [-0.05, 0) is 65.2 Å². The quantitative estimate of drug-likeness (QED) is 0.169. The van der Waals surface area contributed by atoms with Gasteiger partial charge in [0.05, 0.1) is 16.9 Å². The molecule has 4 heterocycles. The number of furan rings is 2.